The number of para-hydroxylation sites is 1. The van der Waals surface area contributed by atoms with Gasteiger partial charge in [-0.2, -0.15) is 0 Å². The van der Waals surface area contributed by atoms with Crippen molar-refractivity contribution < 1.29 is 13.2 Å². The van der Waals surface area contributed by atoms with Crippen LogP contribution in [0.1, 0.15) is 28.8 Å². The molecular weight excluding hydrogens is 432 g/mol. The van der Waals surface area contributed by atoms with Crippen molar-refractivity contribution in [2.24, 2.45) is 0 Å². The van der Waals surface area contributed by atoms with Crippen molar-refractivity contribution in [1.29, 1.82) is 0 Å². The summed E-state index contributed by atoms with van der Waals surface area (Å²) in [5.74, 6) is -0.322. The molecule has 0 saturated heterocycles. The first-order chi connectivity index (χ1) is 14.8. The fraction of sp³-hybridized carbons (Fsp3) is 0.208. The quantitative estimate of drug-likeness (QED) is 0.566. The number of carbonyl (C=O) groups excluding carboxylic acids is 1. The van der Waals surface area contributed by atoms with Crippen molar-refractivity contribution in [3.8, 4) is 0 Å². The normalized spacial score (nSPS) is 14.6. The number of rotatable bonds is 7. The zero-order chi connectivity index (χ0) is 22.1. The Labute approximate surface area is 187 Å². The van der Waals surface area contributed by atoms with Crippen LogP contribution in [0, 0.1) is 0 Å². The molecule has 0 heterocycles. The van der Waals surface area contributed by atoms with Crippen LogP contribution in [0.15, 0.2) is 83.8 Å². The van der Waals surface area contributed by atoms with Gasteiger partial charge in [0, 0.05) is 24.6 Å². The average Bonchev–Trinajstić information content (AvgIpc) is 3.59. The molecule has 3 aromatic carbocycles. The number of hydrogen-bond acceptors (Lipinski definition) is 3. The highest BCUT2D eigenvalue weighted by molar-refractivity contribution is 7.93. The predicted molar refractivity (Wildman–Crippen MR) is 123 cm³/mol. The Balaban J connectivity index is 1.54. The third kappa shape index (κ3) is 4.31. The summed E-state index contributed by atoms with van der Waals surface area (Å²) in [4.78, 5) is 12.7. The van der Waals surface area contributed by atoms with Crippen LogP contribution in [0.4, 0.5) is 5.69 Å². The molecule has 0 unspecified atom stereocenters. The molecule has 4 rings (SSSR count). The fourth-order valence-electron chi connectivity index (χ4n) is 3.63. The summed E-state index contributed by atoms with van der Waals surface area (Å²) >= 11 is 6.22. The Morgan fingerprint density at radius 2 is 1.61 bits per heavy atom. The van der Waals surface area contributed by atoms with E-state index >= 15 is 0 Å². The molecule has 1 saturated carbocycles. The highest BCUT2D eigenvalue weighted by Gasteiger charge is 2.44. The largest absolute Gasteiger partial charge is 0.351 e. The van der Waals surface area contributed by atoms with Gasteiger partial charge in [0.2, 0.25) is 0 Å². The number of anilines is 1. The summed E-state index contributed by atoms with van der Waals surface area (Å²) in [6.45, 7) is 0.504. The molecule has 160 valence electrons. The number of sulfonamides is 1. The van der Waals surface area contributed by atoms with Gasteiger partial charge < -0.3 is 5.32 Å². The Morgan fingerprint density at radius 3 is 2.23 bits per heavy atom. The van der Waals surface area contributed by atoms with E-state index in [1.54, 1.807) is 30.3 Å². The van der Waals surface area contributed by atoms with Crippen molar-refractivity contribution in [2.45, 2.75) is 23.2 Å². The first-order valence-electron chi connectivity index (χ1n) is 10.0. The maximum Gasteiger partial charge on any atom is 0.265 e. The number of amides is 1. The van der Waals surface area contributed by atoms with Crippen molar-refractivity contribution in [3.63, 3.8) is 0 Å². The van der Waals surface area contributed by atoms with E-state index in [2.05, 4.69) is 17.4 Å². The van der Waals surface area contributed by atoms with Crippen molar-refractivity contribution in [2.75, 3.05) is 17.9 Å². The molecule has 3 aromatic rings. The first-order valence-corrected chi connectivity index (χ1v) is 11.8. The zero-order valence-corrected chi connectivity index (χ0v) is 18.7. The molecule has 0 aliphatic heterocycles. The number of nitrogens with one attached hydrogen (secondary N) is 1. The van der Waals surface area contributed by atoms with Crippen LogP contribution in [0.5, 0.6) is 0 Å². The van der Waals surface area contributed by atoms with Gasteiger partial charge in [0.1, 0.15) is 4.90 Å². The third-order valence-corrected chi connectivity index (χ3v) is 8.05. The summed E-state index contributed by atoms with van der Waals surface area (Å²) in [6, 6.07) is 23.2. The van der Waals surface area contributed by atoms with Crippen LogP contribution in [0.3, 0.4) is 0 Å². The van der Waals surface area contributed by atoms with Gasteiger partial charge in [-0.05, 0) is 48.7 Å². The van der Waals surface area contributed by atoms with Gasteiger partial charge in [-0.15, -0.1) is 0 Å². The Bertz CT molecular complexity index is 1190. The molecule has 0 aromatic heterocycles. The number of benzene rings is 3. The topological polar surface area (TPSA) is 66.5 Å². The summed E-state index contributed by atoms with van der Waals surface area (Å²) in [6.07, 6.45) is 2.03. The molecule has 0 spiro atoms. The third-order valence-electron chi connectivity index (χ3n) is 5.78. The lowest BCUT2D eigenvalue weighted by atomic mass is 9.96. The van der Waals surface area contributed by atoms with Gasteiger partial charge in [-0.25, -0.2) is 8.42 Å². The second kappa shape index (κ2) is 8.36. The van der Waals surface area contributed by atoms with Gasteiger partial charge in [0.15, 0.2) is 0 Å². The molecule has 5 nitrogen and oxygen atoms in total. The minimum Gasteiger partial charge on any atom is -0.351 e. The monoisotopic (exact) mass is 454 g/mol. The molecule has 1 aliphatic carbocycles. The second-order valence-electron chi connectivity index (χ2n) is 7.78. The fourth-order valence-corrected chi connectivity index (χ4v) is 5.32. The van der Waals surface area contributed by atoms with Gasteiger partial charge in [-0.3, -0.25) is 9.10 Å². The van der Waals surface area contributed by atoms with E-state index in [1.807, 2.05) is 24.3 Å². The van der Waals surface area contributed by atoms with Crippen molar-refractivity contribution in [1.82, 2.24) is 5.32 Å². The van der Waals surface area contributed by atoms with E-state index < -0.39 is 10.0 Å². The number of hydrogen-bond donors (Lipinski definition) is 1. The zero-order valence-electron chi connectivity index (χ0n) is 17.1. The van der Waals surface area contributed by atoms with Crippen molar-refractivity contribution in [3.05, 3.63) is 95.0 Å². The molecule has 0 bridgehead atoms. The van der Waals surface area contributed by atoms with E-state index in [0.29, 0.717) is 12.2 Å². The molecule has 7 heteroatoms. The number of nitrogens with zero attached hydrogens (tertiary/aromatic N) is 1. The second-order valence-corrected chi connectivity index (χ2v) is 10.1. The van der Waals surface area contributed by atoms with E-state index in [4.69, 9.17) is 11.6 Å². The van der Waals surface area contributed by atoms with E-state index in [0.717, 1.165) is 17.1 Å². The lowest BCUT2D eigenvalue weighted by Crippen LogP contribution is -2.32. The van der Waals surface area contributed by atoms with Crippen LogP contribution in [-0.4, -0.2) is 27.9 Å². The molecule has 1 aliphatic rings. The predicted octanol–water partition coefficient (Wildman–Crippen LogP) is 4.63. The first kappa shape index (κ1) is 21.4. The van der Waals surface area contributed by atoms with Crippen LogP contribution >= 0.6 is 11.6 Å². The summed E-state index contributed by atoms with van der Waals surface area (Å²) < 4.78 is 27.5. The average molecular weight is 455 g/mol. The molecular formula is C24H23ClN2O3S. The number of carbonyl (C=O) groups is 1. The van der Waals surface area contributed by atoms with E-state index in [1.165, 1.54) is 24.7 Å². The molecule has 1 N–H and O–H groups in total. The minimum absolute atomic E-state index is 0.0359. The Kier molecular flexibility index (Phi) is 5.77. The van der Waals surface area contributed by atoms with Crippen molar-refractivity contribution >= 4 is 33.2 Å². The maximum absolute atomic E-state index is 13.2. The van der Waals surface area contributed by atoms with Crippen LogP contribution in [-0.2, 0) is 15.4 Å². The summed E-state index contributed by atoms with van der Waals surface area (Å²) in [5.41, 5.74) is 1.94. The molecule has 1 fully saturated rings. The van der Waals surface area contributed by atoms with Crippen LogP contribution < -0.4 is 9.62 Å². The Hall–Kier alpha value is -2.83. The SMILES string of the molecule is CN(c1ccccc1)S(=O)(=O)c1cc(C(=O)NCC2(c3ccccc3)CC2)ccc1Cl. The highest BCUT2D eigenvalue weighted by Crippen LogP contribution is 2.47. The minimum atomic E-state index is -3.93. The van der Waals surface area contributed by atoms with Gasteiger partial charge >= 0.3 is 0 Å². The maximum atomic E-state index is 13.2. The van der Waals surface area contributed by atoms with E-state index in [9.17, 15) is 13.2 Å². The lowest BCUT2D eigenvalue weighted by Gasteiger charge is -2.21. The van der Waals surface area contributed by atoms with Crippen LogP contribution in [0.25, 0.3) is 0 Å². The highest BCUT2D eigenvalue weighted by atomic mass is 35.5. The molecule has 1 amide bonds. The van der Waals surface area contributed by atoms with Gasteiger partial charge in [0.25, 0.3) is 15.9 Å². The van der Waals surface area contributed by atoms with Gasteiger partial charge in [-0.1, -0.05) is 60.1 Å². The van der Waals surface area contributed by atoms with Crippen LogP contribution in [0.2, 0.25) is 5.02 Å². The standard InChI is InChI=1S/C24H23ClN2O3S/c1-27(20-10-6-3-7-11-20)31(29,30)22-16-18(12-13-21(22)25)23(28)26-17-24(14-15-24)19-8-4-2-5-9-19/h2-13,16H,14-15,17H2,1H3,(H,26,28). The summed E-state index contributed by atoms with van der Waals surface area (Å²) in [5, 5.41) is 3.04. The smallest absolute Gasteiger partial charge is 0.265 e. The number of halogens is 1. The molecule has 0 radical (unpaired) electrons. The Morgan fingerprint density at radius 1 is 1.00 bits per heavy atom. The molecule has 0 atom stereocenters. The van der Waals surface area contributed by atoms with E-state index in [-0.39, 0.29) is 26.8 Å². The summed E-state index contributed by atoms with van der Waals surface area (Å²) in [7, 11) is -2.47. The molecule has 31 heavy (non-hydrogen) atoms. The lowest BCUT2D eigenvalue weighted by molar-refractivity contribution is 0.0949. The van der Waals surface area contributed by atoms with Gasteiger partial charge in [0.05, 0.1) is 10.7 Å².